The lowest BCUT2D eigenvalue weighted by molar-refractivity contribution is 0.0127. The van der Waals surface area contributed by atoms with Crippen LogP contribution in [-0.4, -0.2) is 58.8 Å². The van der Waals surface area contributed by atoms with E-state index in [1.807, 2.05) is 30.3 Å². The van der Waals surface area contributed by atoms with E-state index in [-0.39, 0.29) is 12.3 Å². The molecule has 0 aromatic heterocycles. The Hall–Kier alpha value is -4.07. The lowest BCUT2D eigenvalue weighted by Crippen LogP contribution is -2.51. The number of hydrogen-bond donors (Lipinski definition) is 2. The summed E-state index contributed by atoms with van der Waals surface area (Å²) in [5, 5.41) is 14.4. The smallest absolute Gasteiger partial charge is 0.410 e. The third-order valence-corrected chi connectivity index (χ3v) is 6.12. The first-order valence-electron chi connectivity index (χ1n) is 12.4. The second kappa shape index (κ2) is 10.9. The van der Waals surface area contributed by atoms with Crippen LogP contribution in [0.25, 0.3) is 10.8 Å². The van der Waals surface area contributed by atoms with Crippen molar-refractivity contribution in [2.45, 2.75) is 51.4 Å². The second-order valence-electron chi connectivity index (χ2n) is 10.2. The fourth-order valence-electron chi connectivity index (χ4n) is 4.29. The zero-order chi connectivity index (χ0) is 26.6. The van der Waals surface area contributed by atoms with Crippen molar-refractivity contribution >= 4 is 28.7 Å². The molecule has 0 bridgehead atoms. The monoisotopic (exact) mass is 504 g/mol. The Kier molecular flexibility index (Phi) is 7.66. The minimum atomic E-state index is -0.671. The molecule has 0 saturated carbocycles. The summed E-state index contributed by atoms with van der Waals surface area (Å²) in [7, 11) is 0. The van der Waals surface area contributed by atoms with Gasteiger partial charge in [-0.05, 0) is 80.8 Å². The molecule has 2 amide bonds. The molecule has 0 spiro atoms. The van der Waals surface area contributed by atoms with Crippen LogP contribution in [0, 0.1) is 0 Å². The van der Waals surface area contributed by atoms with Crippen molar-refractivity contribution in [3.8, 4) is 5.75 Å². The molecule has 194 valence electrons. The molecule has 37 heavy (non-hydrogen) atoms. The number of fused-ring (bicyclic) bond motifs is 1. The number of phenolic OH excluding ortho intramolecular Hbond substituents is 1. The van der Waals surface area contributed by atoms with Crippen molar-refractivity contribution in [3.63, 3.8) is 0 Å². The van der Waals surface area contributed by atoms with Gasteiger partial charge in [0.1, 0.15) is 17.5 Å². The van der Waals surface area contributed by atoms with E-state index < -0.39 is 35.7 Å². The molecule has 0 aliphatic carbocycles. The van der Waals surface area contributed by atoms with Crippen molar-refractivity contribution in [3.05, 3.63) is 77.9 Å². The molecule has 2 atom stereocenters. The summed E-state index contributed by atoms with van der Waals surface area (Å²) in [6.45, 7) is 5.90. The Bertz CT molecular complexity index is 1280. The van der Waals surface area contributed by atoms with E-state index in [1.54, 1.807) is 32.9 Å². The predicted octanol–water partition coefficient (Wildman–Crippen LogP) is 4.90. The number of carbonyl (C=O) groups excluding carboxylic acids is 3. The minimum absolute atomic E-state index is 0.0457. The number of nitrogens with one attached hydrogen (secondary N) is 1. The summed E-state index contributed by atoms with van der Waals surface area (Å²) in [6.07, 6.45) is -0.120. The maximum absolute atomic E-state index is 13.1. The van der Waals surface area contributed by atoms with Crippen LogP contribution in [-0.2, 0) is 9.47 Å². The van der Waals surface area contributed by atoms with E-state index in [0.29, 0.717) is 30.5 Å². The van der Waals surface area contributed by atoms with Crippen molar-refractivity contribution in [1.29, 1.82) is 0 Å². The van der Waals surface area contributed by atoms with Crippen molar-refractivity contribution in [1.82, 2.24) is 10.2 Å². The number of likely N-dealkylation sites (tertiary alicyclic amines) is 1. The van der Waals surface area contributed by atoms with E-state index in [2.05, 4.69) is 5.32 Å². The normalized spacial score (nSPS) is 18.1. The highest BCUT2D eigenvalue weighted by atomic mass is 16.6. The van der Waals surface area contributed by atoms with Crippen LogP contribution in [0.3, 0.4) is 0 Å². The van der Waals surface area contributed by atoms with Crippen LogP contribution < -0.4 is 5.32 Å². The minimum Gasteiger partial charge on any atom is -0.508 e. The maximum Gasteiger partial charge on any atom is 0.410 e. The third kappa shape index (κ3) is 6.78. The average molecular weight is 505 g/mol. The van der Waals surface area contributed by atoms with E-state index in [0.717, 1.165) is 10.8 Å². The van der Waals surface area contributed by atoms with Crippen LogP contribution in [0.5, 0.6) is 5.75 Å². The molecule has 2 unspecified atom stereocenters. The number of amides is 2. The number of rotatable bonds is 4. The standard InChI is InChI=1S/C29H32N2O6/c1-29(2,3)37-28(35)31-16-6-9-25(24(18-31)30-26(33)20-12-14-23(32)15-13-20)36-27(34)22-11-10-19-7-4-5-8-21(19)17-22/h4-5,7-8,10-15,17,24-25,32H,6,9,16,18H2,1-3H3,(H,30,33). The van der Waals surface area contributed by atoms with Gasteiger partial charge in [0.05, 0.1) is 11.6 Å². The largest absolute Gasteiger partial charge is 0.508 e. The van der Waals surface area contributed by atoms with Crippen molar-refractivity contribution < 1.29 is 29.0 Å². The summed E-state index contributed by atoms with van der Waals surface area (Å²) in [5.41, 5.74) is 0.0804. The van der Waals surface area contributed by atoms with Crippen molar-refractivity contribution in [2.24, 2.45) is 0 Å². The molecule has 1 aliphatic rings. The average Bonchev–Trinajstić information content (AvgIpc) is 3.05. The zero-order valence-corrected chi connectivity index (χ0v) is 21.3. The first kappa shape index (κ1) is 26.0. The summed E-state index contributed by atoms with van der Waals surface area (Å²) >= 11 is 0. The van der Waals surface area contributed by atoms with Crippen LogP contribution in [0.1, 0.15) is 54.3 Å². The van der Waals surface area contributed by atoms with Crippen molar-refractivity contribution in [2.75, 3.05) is 13.1 Å². The number of hydrogen-bond acceptors (Lipinski definition) is 6. The van der Waals surface area contributed by atoms with Gasteiger partial charge >= 0.3 is 12.1 Å². The van der Waals surface area contributed by atoms with Gasteiger partial charge in [-0.15, -0.1) is 0 Å². The van der Waals surface area contributed by atoms with Gasteiger partial charge in [0, 0.05) is 18.7 Å². The van der Waals surface area contributed by atoms with Gasteiger partial charge in [-0.1, -0.05) is 30.3 Å². The van der Waals surface area contributed by atoms with Gasteiger partial charge in [0.2, 0.25) is 0 Å². The molecule has 1 heterocycles. The number of aromatic hydroxyl groups is 1. The molecule has 1 saturated heterocycles. The first-order valence-corrected chi connectivity index (χ1v) is 12.4. The summed E-state index contributed by atoms with van der Waals surface area (Å²) < 4.78 is 11.5. The predicted molar refractivity (Wildman–Crippen MR) is 140 cm³/mol. The van der Waals surface area contributed by atoms with Gasteiger partial charge in [-0.2, -0.15) is 0 Å². The van der Waals surface area contributed by atoms with Gasteiger partial charge in [0.25, 0.3) is 5.91 Å². The number of phenols is 1. The molecule has 4 rings (SSSR count). The summed E-state index contributed by atoms with van der Waals surface area (Å²) in [4.78, 5) is 40.5. The van der Waals surface area contributed by atoms with E-state index in [9.17, 15) is 19.5 Å². The van der Waals surface area contributed by atoms with Gasteiger partial charge < -0.3 is 24.8 Å². The van der Waals surface area contributed by atoms with Crippen LogP contribution in [0.15, 0.2) is 66.7 Å². The van der Waals surface area contributed by atoms with E-state index in [4.69, 9.17) is 9.47 Å². The van der Waals surface area contributed by atoms with Crippen LogP contribution in [0.2, 0.25) is 0 Å². The van der Waals surface area contributed by atoms with Crippen LogP contribution >= 0.6 is 0 Å². The zero-order valence-electron chi connectivity index (χ0n) is 21.3. The maximum atomic E-state index is 13.1. The molecule has 1 aliphatic heterocycles. The number of ether oxygens (including phenoxy) is 2. The molecule has 0 radical (unpaired) electrons. The molecular weight excluding hydrogens is 472 g/mol. The molecule has 8 heteroatoms. The highest BCUT2D eigenvalue weighted by Gasteiger charge is 2.35. The second-order valence-corrected chi connectivity index (χ2v) is 10.2. The molecule has 3 aromatic carbocycles. The summed E-state index contributed by atoms with van der Waals surface area (Å²) in [5.74, 6) is -0.850. The Morgan fingerprint density at radius 2 is 1.62 bits per heavy atom. The molecule has 8 nitrogen and oxygen atoms in total. The number of benzene rings is 3. The van der Waals surface area contributed by atoms with Crippen LogP contribution in [0.4, 0.5) is 4.79 Å². The highest BCUT2D eigenvalue weighted by Crippen LogP contribution is 2.22. The quantitative estimate of drug-likeness (QED) is 0.490. The van der Waals surface area contributed by atoms with Gasteiger partial charge in [-0.3, -0.25) is 4.79 Å². The topological polar surface area (TPSA) is 105 Å². The molecule has 2 N–H and O–H groups in total. The van der Waals surface area contributed by atoms with E-state index in [1.165, 1.54) is 29.2 Å². The molecule has 1 fully saturated rings. The van der Waals surface area contributed by atoms with E-state index >= 15 is 0 Å². The third-order valence-electron chi connectivity index (χ3n) is 6.12. The summed E-state index contributed by atoms with van der Waals surface area (Å²) in [6, 6.07) is 18.3. The Morgan fingerprint density at radius 3 is 2.32 bits per heavy atom. The number of nitrogens with zero attached hydrogens (tertiary/aromatic N) is 1. The lowest BCUT2D eigenvalue weighted by atomic mass is 10.1. The van der Waals surface area contributed by atoms with Gasteiger partial charge in [0.15, 0.2) is 0 Å². The fourth-order valence-corrected chi connectivity index (χ4v) is 4.29. The number of carbonyl (C=O) groups is 3. The molecule has 3 aromatic rings. The van der Waals surface area contributed by atoms with Gasteiger partial charge in [-0.25, -0.2) is 9.59 Å². The Morgan fingerprint density at radius 1 is 0.946 bits per heavy atom. The Labute approximate surface area is 216 Å². The Balaban J connectivity index is 1.55. The fraction of sp³-hybridized carbons (Fsp3) is 0.345. The lowest BCUT2D eigenvalue weighted by Gasteiger charge is -2.30. The first-order chi connectivity index (χ1) is 17.6. The SMILES string of the molecule is CC(C)(C)OC(=O)N1CCCC(OC(=O)c2ccc3ccccc3c2)C(NC(=O)c2ccc(O)cc2)C1. The molecular formula is C29H32N2O6. The highest BCUT2D eigenvalue weighted by molar-refractivity contribution is 5.96. The number of esters is 1.